The van der Waals surface area contributed by atoms with Crippen LogP contribution in [0.15, 0.2) is 42.6 Å². The Hall–Kier alpha value is -2.58. The summed E-state index contributed by atoms with van der Waals surface area (Å²) in [6.45, 7) is 0.720. The molecule has 1 N–H and O–H groups in total. The molecule has 0 unspecified atom stereocenters. The third kappa shape index (κ3) is 3.96. The third-order valence-corrected chi connectivity index (χ3v) is 3.49. The van der Waals surface area contributed by atoms with Crippen molar-refractivity contribution in [2.75, 3.05) is 33.1 Å². The maximum Gasteiger partial charge on any atom is 0.126 e. The highest BCUT2D eigenvalue weighted by atomic mass is 16.5. The molecule has 2 rings (SSSR count). The monoisotopic (exact) mass is 296 g/mol. The van der Waals surface area contributed by atoms with Crippen molar-refractivity contribution < 1.29 is 4.74 Å². The second-order valence-corrected chi connectivity index (χ2v) is 5.18. The van der Waals surface area contributed by atoms with Gasteiger partial charge in [-0.1, -0.05) is 12.1 Å². The lowest BCUT2D eigenvalue weighted by molar-refractivity contribution is 0.311. The number of likely N-dealkylation sites (N-methyl/N-ethyl adjacent to an activating group) is 1. The first-order valence-corrected chi connectivity index (χ1v) is 7.04. The molecule has 0 radical (unpaired) electrons. The van der Waals surface area contributed by atoms with Gasteiger partial charge in [0.15, 0.2) is 0 Å². The molecule has 22 heavy (non-hydrogen) atoms. The molecule has 2 aromatic rings. The number of hydrogen-bond acceptors (Lipinski definition) is 5. The zero-order valence-electron chi connectivity index (χ0n) is 13.1. The van der Waals surface area contributed by atoms with Gasteiger partial charge in [0.1, 0.15) is 17.6 Å². The van der Waals surface area contributed by atoms with Crippen LogP contribution < -0.4 is 10.1 Å². The molecule has 0 amide bonds. The summed E-state index contributed by atoms with van der Waals surface area (Å²) in [7, 11) is 5.75. The normalized spacial score (nSPS) is 11.8. The van der Waals surface area contributed by atoms with Gasteiger partial charge in [0, 0.05) is 12.7 Å². The molecule has 1 aromatic carbocycles. The van der Waals surface area contributed by atoms with Gasteiger partial charge in [-0.05, 0) is 43.9 Å². The summed E-state index contributed by atoms with van der Waals surface area (Å²) in [6.07, 6.45) is 1.57. The zero-order chi connectivity index (χ0) is 15.9. The molecular formula is C17H20N4O. The highest BCUT2D eigenvalue weighted by Gasteiger charge is 2.14. The molecule has 5 heteroatoms. The molecule has 0 saturated carbocycles. The molecule has 114 valence electrons. The van der Waals surface area contributed by atoms with E-state index in [0.29, 0.717) is 5.56 Å². The highest BCUT2D eigenvalue weighted by molar-refractivity contribution is 5.39. The minimum atomic E-state index is 0.211. The van der Waals surface area contributed by atoms with E-state index in [0.717, 1.165) is 18.1 Å². The Bertz CT molecular complexity index is 629. The molecule has 0 aliphatic rings. The lowest BCUT2D eigenvalue weighted by Crippen LogP contribution is -2.27. The number of ether oxygens (including phenoxy) is 1. The summed E-state index contributed by atoms with van der Waals surface area (Å²) in [6, 6.07) is 13.9. The maximum absolute atomic E-state index is 8.78. The number of benzene rings is 1. The number of aromatic nitrogens is 1. The summed E-state index contributed by atoms with van der Waals surface area (Å²) in [5, 5.41) is 12.1. The van der Waals surface area contributed by atoms with Crippen LogP contribution in [0, 0.1) is 11.3 Å². The van der Waals surface area contributed by atoms with Gasteiger partial charge in [0.05, 0.1) is 18.7 Å². The third-order valence-electron chi connectivity index (χ3n) is 3.49. The Kier molecular flexibility index (Phi) is 5.34. The van der Waals surface area contributed by atoms with E-state index in [4.69, 9.17) is 10.00 Å². The van der Waals surface area contributed by atoms with Gasteiger partial charge >= 0.3 is 0 Å². The van der Waals surface area contributed by atoms with Gasteiger partial charge in [-0.15, -0.1) is 0 Å². The first-order valence-electron chi connectivity index (χ1n) is 7.04. The largest absolute Gasteiger partial charge is 0.497 e. The van der Waals surface area contributed by atoms with Crippen LogP contribution in [0.2, 0.25) is 0 Å². The standard InChI is InChI=1S/C17H20N4O/c1-21(2)16(14-5-7-15(22-3)8-6-14)12-20-17-9-4-13(10-18)11-19-17/h4-9,11,16H,12H2,1-3H3,(H,19,20)/t16-/m0/s1. The summed E-state index contributed by atoms with van der Waals surface area (Å²) in [5.41, 5.74) is 1.76. The molecule has 0 saturated heterocycles. The lowest BCUT2D eigenvalue weighted by Gasteiger charge is -2.25. The second-order valence-electron chi connectivity index (χ2n) is 5.18. The fraction of sp³-hybridized carbons (Fsp3) is 0.294. The van der Waals surface area contributed by atoms with Crippen molar-refractivity contribution in [2.24, 2.45) is 0 Å². The minimum Gasteiger partial charge on any atom is -0.497 e. The number of nitriles is 1. The SMILES string of the molecule is COc1ccc([C@H](CNc2ccc(C#N)cn2)N(C)C)cc1. The number of pyridine rings is 1. The van der Waals surface area contributed by atoms with Crippen LogP contribution in [0.1, 0.15) is 17.2 Å². The van der Waals surface area contributed by atoms with Crippen LogP contribution in [0.3, 0.4) is 0 Å². The van der Waals surface area contributed by atoms with Gasteiger partial charge < -0.3 is 15.0 Å². The number of rotatable bonds is 6. The van der Waals surface area contributed by atoms with Crippen LogP contribution in [0.4, 0.5) is 5.82 Å². The topological polar surface area (TPSA) is 61.2 Å². The van der Waals surface area contributed by atoms with E-state index in [1.807, 2.05) is 32.3 Å². The van der Waals surface area contributed by atoms with Gasteiger partial charge in [-0.3, -0.25) is 0 Å². The number of hydrogen-bond donors (Lipinski definition) is 1. The van der Waals surface area contributed by atoms with Gasteiger partial charge in [-0.25, -0.2) is 4.98 Å². The summed E-state index contributed by atoms with van der Waals surface area (Å²) in [4.78, 5) is 6.38. The summed E-state index contributed by atoms with van der Waals surface area (Å²) < 4.78 is 5.19. The van der Waals surface area contributed by atoms with E-state index in [1.165, 1.54) is 5.56 Å². The Labute approximate surface area is 131 Å². The fourth-order valence-electron chi connectivity index (χ4n) is 2.19. The second kappa shape index (κ2) is 7.43. The molecule has 0 aliphatic heterocycles. The molecule has 1 atom stereocenters. The summed E-state index contributed by atoms with van der Waals surface area (Å²) >= 11 is 0. The molecule has 1 aromatic heterocycles. The van der Waals surface area contributed by atoms with Crippen LogP contribution in [0.25, 0.3) is 0 Å². The van der Waals surface area contributed by atoms with Crippen molar-refractivity contribution in [2.45, 2.75) is 6.04 Å². The van der Waals surface area contributed by atoms with Crippen LogP contribution in [-0.4, -0.2) is 37.6 Å². The van der Waals surface area contributed by atoms with Crippen molar-refractivity contribution >= 4 is 5.82 Å². The molecule has 0 spiro atoms. The van der Waals surface area contributed by atoms with Crippen molar-refractivity contribution in [3.05, 3.63) is 53.7 Å². The molecule has 0 bridgehead atoms. The smallest absolute Gasteiger partial charge is 0.126 e. The van der Waals surface area contributed by atoms with E-state index in [9.17, 15) is 0 Å². The Morgan fingerprint density at radius 1 is 1.23 bits per heavy atom. The Morgan fingerprint density at radius 2 is 1.95 bits per heavy atom. The van der Waals surface area contributed by atoms with Gasteiger partial charge in [-0.2, -0.15) is 5.26 Å². The predicted molar refractivity (Wildman–Crippen MR) is 86.9 cm³/mol. The average Bonchev–Trinajstić information content (AvgIpc) is 2.56. The van der Waals surface area contributed by atoms with E-state index < -0.39 is 0 Å². The Balaban J connectivity index is 2.06. The first-order chi connectivity index (χ1) is 10.6. The van der Waals surface area contributed by atoms with Crippen molar-refractivity contribution in [3.8, 4) is 11.8 Å². The maximum atomic E-state index is 8.78. The zero-order valence-corrected chi connectivity index (χ0v) is 13.1. The average molecular weight is 296 g/mol. The van der Waals surface area contributed by atoms with Crippen LogP contribution >= 0.6 is 0 Å². The van der Waals surface area contributed by atoms with Crippen molar-refractivity contribution in [1.29, 1.82) is 5.26 Å². The van der Waals surface area contributed by atoms with E-state index >= 15 is 0 Å². The molecule has 1 heterocycles. The number of anilines is 1. The quantitative estimate of drug-likeness (QED) is 0.888. The van der Waals surface area contributed by atoms with E-state index in [2.05, 4.69) is 33.4 Å². The van der Waals surface area contributed by atoms with Crippen LogP contribution in [0.5, 0.6) is 5.75 Å². The van der Waals surface area contributed by atoms with Crippen molar-refractivity contribution in [1.82, 2.24) is 9.88 Å². The first kappa shape index (κ1) is 15.8. The molecule has 5 nitrogen and oxygen atoms in total. The summed E-state index contributed by atoms with van der Waals surface area (Å²) in [5.74, 6) is 1.61. The van der Waals surface area contributed by atoms with E-state index in [1.54, 1.807) is 19.4 Å². The number of nitrogens with zero attached hydrogens (tertiary/aromatic N) is 3. The minimum absolute atomic E-state index is 0.211. The molecule has 0 fully saturated rings. The number of methoxy groups -OCH3 is 1. The molecule has 0 aliphatic carbocycles. The molecular weight excluding hydrogens is 276 g/mol. The fourth-order valence-corrected chi connectivity index (χ4v) is 2.19. The predicted octanol–water partition coefficient (Wildman–Crippen LogP) is 2.68. The number of nitrogens with one attached hydrogen (secondary N) is 1. The van der Waals surface area contributed by atoms with Gasteiger partial charge in [0.2, 0.25) is 0 Å². The highest BCUT2D eigenvalue weighted by Crippen LogP contribution is 2.21. The van der Waals surface area contributed by atoms with Gasteiger partial charge in [0.25, 0.3) is 0 Å². The Morgan fingerprint density at radius 3 is 2.45 bits per heavy atom. The lowest BCUT2D eigenvalue weighted by atomic mass is 10.1. The van der Waals surface area contributed by atoms with Crippen LogP contribution in [-0.2, 0) is 0 Å². The van der Waals surface area contributed by atoms with E-state index in [-0.39, 0.29) is 6.04 Å². The van der Waals surface area contributed by atoms with Crippen molar-refractivity contribution in [3.63, 3.8) is 0 Å².